The van der Waals surface area contributed by atoms with E-state index in [0.29, 0.717) is 22.6 Å². The van der Waals surface area contributed by atoms with E-state index >= 15 is 0 Å². The number of carbonyl (C=O) groups excluding carboxylic acids is 3. The Morgan fingerprint density at radius 2 is 1.67 bits per heavy atom. The average molecular weight is 364 g/mol. The number of hydrogen-bond acceptors (Lipinski definition) is 4. The Morgan fingerprint density at radius 1 is 1.00 bits per heavy atom. The predicted octanol–water partition coefficient (Wildman–Crippen LogP) is 2.90. The van der Waals surface area contributed by atoms with E-state index in [1.54, 1.807) is 48.5 Å². The lowest BCUT2D eigenvalue weighted by atomic mass is 10.2. The summed E-state index contributed by atoms with van der Waals surface area (Å²) in [5.74, 6) is -0.682. The Labute approximate surface area is 157 Å². The van der Waals surface area contributed by atoms with Gasteiger partial charge in [0, 0.05) is 43.9 Å². The molecule has 0 fully saturated rings. The van der Waals surface area contributed by atoms with Crippen LogP contribution >= 0.6 is 0 Å². The normalized spacial score (nSPS) is 9.81. The van der Waals surface area contributed by atoms with Crippen LogP contribution in [0.15, 0.2) is 48.5 Å². The van der Waals surface area contributed by atoms with Gasteiger partial charge in [-0.05, 0) is 36.4 Å². The van der Waals surface area contributed by atoms with Crippen molar-refractivity contribution in [2.75, 3.05) is 22.1 Å². The van der Waals surface area contributed by atoms with Gasteiger partial charge in [0.25, 0.3) is 0 Å². The summed E-state index contributed by atoms with van der Waals surface area (Å²) < 4.78 is 0. The van der Waals surface area contributed by atoms with E-state index in [0.717, 1.165) is 0 Å². The second-order valence-corrected chi connectivity index (χ2v) is 5.89. The number of hydrogen-bond donors (Lipinski definition) is 2. The fourth-order valence-corrected chi connectivity index (χ4v) is 2.53. The van der Waals surface area contributed by atoms with E-state index in [2.05, 4.69) is 10.6 Å². The second-order valence-electron chi connectivity index (χ2n) is 5.89. The molecule has 138 valence electrons. The number of carbonyl (C=O) groups is 3. The summed E-state index contributed by atoms with van der Waals surface area (Å²) in [4.78, 5) is 36.7. The van der Waals surface area contributed by atoms with Crippen LogP contribution in [0, 0.1) is 11.3 Å². The van der Waals surface area contributed by atoms with Crippen LogP contribution in [0.2, 0.25) is 0 Å². The zero-order valence-electron chi connectivity index (χ0n) is 15.2. The Hall–Kier alpha value is -3.66. The monoisotopic (exact) mass is 364 g/mol. The topological polar surface area (TPSA) is 102 Å². The molecule has 7 nitrogen and oxygen atoms in total. The fraction of sp³-hybridized carbons (Fsp3) is 0.200. The van der Waals surface area contributed by atoms with Crippen LogP contribution in [0.1, 0.15) is 25.8 Å². The molecule has 2 aromatic carbocycles. The first kappa shape index (κ1) is 19.7. The first-order valence-corrected chi connectivity index (χ1v) is 8.35. The van der Waals surface area contributed by atoms with Gasteiger partial charge in [-0.1, -0.05) is 12.1 Å². The van der Waals surface area contributed by atoms with Crippen LogP contribution in [0.4, 0.5) is 17.1 Å². The maximum absolute atomic E-state index is 12.2. The Bertz CT molecular complexity index is 902. The third kappa shape index (κ3) is 5.97. The number of anilines is 3. The molecule has 0 aliphatic carbocycles. The van der Waals surface area contributed by atoms with Gasteiger partial charge in [0.1, 0.15) is 0 Å². The van der Waals surface area contributed by atoms with Crippen LogP contribution in [-0.4, -0.2) is 24.3 Å². The van der Waals surface area contributed by atoms with E-state index in [1.807, 2.05) is 6.07 Å². The largest absolute Gasteiger partial charge is 0.326 e. The van der Waals surface area contributed by atoms with Gasteiger partial charge in [0.05, 0.1) is 11.6 Å². The molecule has 0 radical (unpaired) electrons. The van der Waals surface area contributed by atoms with Crippen LogP contribution < -0.4 is 15.5 Å². The Kier molecular flexibility index (Phi) is 6.67. The van der Waals surface area contributed by atoms with Gasteiger partial charge in [-0.3, -0.25) is 14.4 Å². The average Bonchev–Trinajstić information content (AvgIpc) is 2.61. The van der Waals surface area contributed by atoms with Gasteiger partial charge in [-0.25, -0.2) is 0 Å². The first-order chi connectivity index (χ1) is 12.9. The number of rotatable bonds is 6. The number of nitriles is 1. The minimum Gasteiger partial charge on any atom is -0.326 e. The molecule has 0 aromatic heterocycles. The van der Waals surface area contributed by atoms with E-state index < -0.39 is 0 Å². The molecule has 0 saturated heterocycles. The fourth-order valence-electron chi connectivity index (χ4n) is 2.53. The van der Waals surface area contributed by atoms with Crippen molar-refractivity contribution >= 4 is 34.8 Å². The molecule has 0 heterocycles. The second kappa shape index (κ2) is 9.15. The lowest BCUT2D eigenvalue weighted by Gasteiger charge is -2.21. The number of amides is 3. The maximum atomic E-state index is 12.2. The Morgan fingerprint density at radius 3 is 2.30 bits per heavy atom. The van der Waals surface area contributed by atoms with Crippen molar-refractivity contribution in [1.82, 2.24) is 0 Å². The summed E-state index contributed by atoms with van der Waals surface area (Å²) in [6.07, 6.45) is 0.0841. The molecule has 2 rings (SSSR count). The van der Waals surface area contributed by atoms with Gasteiger partial charge < -0.3 is 15.5 Å². The van der Waals surface area contributed by atoms with E-state index in [9.17, 15) is 14.4 Å². The molecule has 2 aromatic rings. The molecule has 0 bridgehead atoms. The Balaban J connectivity index is 2.01. The molecule has 0 aliphatic rings. The third-order valence-electron chi connectivity index (χ3n) is 3.70. The van der Waals surface area contributed by atoms with E-state index in [1.165, 1.54) is 18.7 Å². The lowest BCUT2D eigenvalue weighted by Crippen LogP contribution is -2.32. The van der Waals surface area contributed by atoms with Crippen molar-refractivity contribution < 1.29 is 14.4 Å². The van der Waals surface area contributed by atoms with E-state index in [4.69, 9.17) is 5.26 Å². The zero-order chi connectivity index (χ0) is 19.8. The molecule has 0 aliphatic heterocycles. The number of benzene rings is 2. The molecule has 0 saturated carbocycles. The van der Waals surface area contributed by atoms with Crippen LogP contribution in [-0.2, 0) is 14.4 Å². The summed E-state index contributed by atoms with van der Waals surface area (Å²) in [6.45, 7) is 3.00. The minimum atomic E-state index is -0.266. The molecule has 7 heteroatoms. The molecule has 0 atom stereocenters. The van der Waals surface area contributed by atoms with Crippen LogP contribution in [0.5, 0.6) is 0 Å². The van der Waals surface area contributed by atoms with Crippen molar-refractivity contribution in [3.8, 4) is 6.07 Å². The highest BCUT2D eigenvalue weighted by Crippen LogP contribution is 2.18. The SMILES string of the molecule is CC(=O)Nc1cccc(NC(=O)CCN(C(C)=O)c2cccc(C#N)c2)c1. The van der Waals surface area contributed by atoms with Crippen molar-refractivity contribution in [2.24, 2.45) is 0 Å². The molecule has 3 amide bonds. The molecule has 27 heavy (non-hydrogen) atoms. The highest BCUT2D eigenvalue weighted by molar-refractivity contribution is 5.95. The van der Waals surface area contributed by atoms with Crippen molar-refractivity contribution in [3.63, 3.8) is 0 Å². The van der Waals surface area contributed by atoms with Gasteiger partial charge in [-0.2, -0.15) is 5.26 Å². The minimum absolute atomic E-state index is 0.0841. The van der Waals surface area contributed by atoms with Crippen molar-refractivity contribution in [2.45, 2.75) is 20.3 Å². The molecule has 0 unspecified atom stereocenters. The molecule has 2 N–H and O–H groups in total. The highest BCUT2D eigenvalue weighted by Gasteiger charge is 2.14. The summed E-state index contributed by atoms with van der Waals surface area (Å²) >= 11 is 0. The third-order valence-corrected chi connectivity index (χ3v) is 3.70. The van der Waals surface area contributed by atoms with Crippen molar-refractivity contribution in [3.05, 3.63) is 54.1 Å². The quantitative estimate of drug-likeness (QED) is 0.822. The van der Waals surface area contributed by atoms with Gasteiger partial charge >= 0.3 is 0 Å². The summed E-state index contributed by atoms with van der Waals surface area (Å²) in [6, 6.07) is 15.5. The first-order valence-electron chi connectivity index (χ1n) is 8.35. The number of nitrogens with one attached hydrogen (secondary N) is 2. The molecule has 0 spiro atoms. The molecular formula is C20H20N4O3. The van der Waals surface area contributed by atoms with Gasteiger partial charge in [0.15, 0.2) is 0 Å². The van der Waals surface area contributed by atoms with Crippen LogP contribution in [0.25, 0.3) is 0 Å². The maximum Gasteiger partial charge on any atom is 0.226 e. The molecular weight excluding hydrogens is 344 g/mol. The summed E-state index contributed by atoms with van der Waals surface area (Å²) in [5, 5.41) is 14.4. The van der Waals surface area contributed by atoms with Crippen molar-refractivity contribution in [1.29, 1.82) is 5.26 Å². The van der Waals surface area contributed by atoms with Gasteiger partial charge in [-0.15, -0.1) is 0 Å². The lowest BCUT2D eigenvalue weighted by molar-refractivity contribution is -0.117. The zero-order valence-corrected chi connectivity index (χ0v) is 15.2. The van der Waals surface area contributed by atoms with E-state index in [-0.39, 0.29) is 30.7 Å². The summed E-state index contributed by atoms with van der Waals surface area (Å²) in [5.41, 5.74) is 2.14. The summed E-state index contributed by atoms with van der Waals surface area (Å²) in [7, 11) is 0. The van der Waals surface area contributed by atoms with Gasteiger partial charge in [0.2, 0.25) is 17.7 Å². The smallest absolute Gasteiger partial charge is 0.226 e. The predicted molar refractivity (Wildman–Crippen MR) is 103 cm³/mol. The number of nitrogens with zero attached hydrogens (tertiary/aromatic N) is 2. The highest BCUT2D eigenvalue weighted by atomic mass is 16.2. The van der Waals surface area contributed by atoms with Crippen LogP contribution in [0.3, 0.4) is 0 Å². The standard InChI is InChI=1S/C20H20N4O3/c1-14(25)22-17-6-4-7-18(12-17)23-20(27)9-10-24(15(2)26)19-8-3-5-16(11-19)13-21/h3-8,11-12H,9-10H2,1-2H3,(H,22,25)(H,23,27).